The Bertz CT molecular complexity index is 1080. The number of nitrogens with zero attached hydrogens (tertiary/aromatic N) is 3. The number of aliphatic imine (C=N–C) groups is 1. The summed E-state index contributed by atoms with van der Waals surface area (Å²) in [6.45, 7) is 0. The molecule has 0 fully saturated rings. The third kappa shape index (κ3) is 3.09. The average molecular weight is 378 g/mol. The molecule has 7 heteroatoms. The van der Waals surface area contributed by atoms with Gasteiger partial charge in [-0.3, -0.25) is 15.1 Å². The summed E-state index contributed by atoms with van der Waals surface area (Å²) in [5.41, 5.74) is 2.82. The number of fused-ring (bicyclic) bond motifs is 3. The van der Waals surface area contributed by atoms with Gasteiger partial charge < -0.3 is 14.4 Å². The second-order valence-electron chi connectivity index (χ2n) is 7.15. The zero-order chi connectivity index (χ0) is 19.8. The van der Waals surface area contributed by atoms with Crippen molar-refractivity contribution < 1.29 is 14.4 Å². The number of nitro benzene ring substituents is 1. The molecule has 0 saturated carbocycles. The van der Waals surface area contributed by atoms with Gasteiger partial charge in [-0.25, -0.2) is 0 Å². The fraction of sp³-hybridized carbons (Fsp3) is 0.286. The standard InChI is InChI=1S/C21H21N3O4/c1-23(2)14-9-7-13(8-10-14)22-12-16-20-15-5-3-4-6-18(15)28-19(20)11-17(21(16)25)24(26)27/h7-12,25H,3-6H2,1-2H3/p-1. The van der Waals surface area contributed by atoms with Gasteiger partial charge in [0.1, 0.15) is 11.3 Å². The Morgan fingerprint density at radius 1 is 1.18 bits per heavy atom. The molecule has 1 heterocycles. The molecule has 1 aliphatic carbocycles. The van der Waals surface area contributed by atoms with E-state index in [1.54, 1.807) is 0 Å². The Morgan fingerprint density at radius 2 is 1.89 bits per heavy atom. The summed E-state index contributed by atoms with van der Waals surface area (Å²) in [7, 11) is 3.90. The maximum atomic E-state index is 12.8. The highest BCUT2D eigenvalue weighted by atomic mass is 16.6. The molecule has 28 heavy (non-hydrogen) atoms. The fourth-order valence-corrected chi connectivity index (χ4v) is 3.66. The van der Waals surface area contributed by atoms with E-state index in [0.717, 1.165) is 42.7 Å². The van der Waals surface area contributed by atoms with Crippen molar-refractivity contribution >= 4 is 34.2 Å². The molecular formula is C21H20N3O4-. The molecule has 0 aliphatic heterocycles. The number of rotatable bonds is 4. The highest BCUT2D eigenvalue weighted by Crippen LogP contribution is 2.40. The van der Waals surface area contributed by atoms with Crippen LogP contribution in [0.4, 0.5) is 17.1 Å². The molecular weight excluding hydrogens is 358 g/mol. The van der Waals surface area contributed by atoms with E-state index in [-0.39, 0.29) is 5.56 Å². The number of anilines is 1. The van der Waals surface area contributed by atoms with Gasteiger partial charge in [0.05, 0.1) is 16.7 Å². The molecule has 1 aliphatic rings. The summed E-state index contributed by atoms with van der Waals surface area (Å²) < 4.78 is 5.86. The van der Waals surface area contributed by atoms with E-state index < -0.39 is 16.4 Å². The van der Waals surface area contributed by atoms with E-state index in [1.165, 1.54) is 12.3 Å². The lowest BCUT2D eigenvalue weighted by molar-refractivity contribution is -0.398. The molecule has 0 radical (unpaired) electrons. The predicted molar refractivity (Wildman–Crippen MR) is 107 cm³/mol. The molecule has 144 valence electrons. The van der Waals surface area contributed by atoms with Crippen molar-refractivity contribution in [2.24, 2.45) is 4.99 Å². The SMILES string of the molecule is CN(C)c1ccc(N=Cc2c([O-])c([N+](=O)[O-])cc3oc4c(c23)CCCC4)cc1. The minimum Gasteiger partial charge on any atom is -0.867 e. The van der Waals surface area contributed by atoms with Crippen LogP contribution < -0.4 is 10.0 Å². The maximum Gasteiger partial charge on any atom is 0.266 e. The van der Waals surface area contributed by atoms with Gasteiger partial charge in [-0.1, -0.05) is 0 Å². The van der Waals surface area contributed by atoms with E-state index >= 15 is 0 Å². The van der Waals surface area contributed by atoms with Crippen LogP contribution >= 0.6 is 0 Å². The van der Waals surface area contributed by atoms with Crippen molar-refractivity contribution in [1.82, 2.24) is 0 Å². The average Bonchev–Trinajstić information content (AvgIpc) is 3.05. The lowest BCUT2D eigenvalue weighted by atomic mass is 9.93. The van der Waals surface area contributed by atoms with Gasteiger partial charge in [-0.15, -0.1) is 0 Å². The molecule has 0 saturated heterocycles. The lowest BCUT2D eigenvalue weighted by Gasteiger charge is -2.14. The monoisotopic (exact) mass is 378 g/mol. The quantitative estimate of drug-likeness (QED) is 0.387. The van der Waals surface area contributed by atoms with Gasteiger partial charge in [0.2, 0.25) is 0 Å². The first kappa shape index (κ1) is 18.0. The zero-order valence-corrected chi connectivity index (χ0v) is 15.8. The van der Waals surface area contributed by atoms with Crippen LogP contribution in [0.5, 0.6) is 5.75 Å². The summed E-state index contributed by atoms with van der Waals surface area (Å²) >= 11 is 0. The normalized spacial score (nSPS) is 13.8. The molecule has 7 nitrogen and oxygen atoms in total. The van der Waals surface area contributed by atoms with Crippen molar-refractivity contribution in [2.45, 2.75) is 25.7 Å². The van der Waals surface area contributed by atoms with Crippen molar-refractivity contribution in [3.05, 3.63) is 57.3 Å². The summed E-state index contributed by atoms with van der Waals surface area (Å²) in [4.78, 5) is 17.1. The smallest absolute Gasteiger partial charge is 0.266 e. The number of nitro groups is 1. The number of hydrogen-bond acceptors (Lipinski definition) is 6. The van der Waals surface area contributed by atoms with Crippen molar-refractivity contribution in [3.8, 4) is 5.75 Å². The molecule has 3 aromatic rings. The topological polar surface area (TPSA) is 94.9 Å². The molecule has 0 spiro atoms. The van der Waals surface area contributed by atoms with Gasteiger partial charge in [0, 0.05) is 48.9 Å². The molecule has 1 aromatic heterocycles. The Hall–Kier alpha value is -3.35. The molecule has 2 aromatic carbocycles. The number of benzene rings is 2. The molecule has 0 unspecified atom stereocenters. The van der Waals surface area contributed by atoms with Crippen molar-refractivity contribution in [2.75, 3.05) is 19.0 Å². The van der Waals surface area contributed by atoms with Gasteiger partial charge >= 0.3 is 0 Å². The zero-order valence-electron chi connectivity index (χ0n) is 15.8. The molecule has 0 amide bonds. The largest absolute Gasteiger partial charge is 0.867 e. The highest BCUT2D eigenvalue weighted by molar-refractivity contribution is 6.05. The summed E-state index contributed by atoms with van der Waals surface area (Å²) in [5, 5.41) is 24.8. The van der Waals surface area contributed by atoms with Crippen LogP contribution in [0.1, 0.15) is 29.7 Å². The van der Waals surface area contributed by atoms with Gasteiger partial charge in [0.15, 0.2) is 0 Å². The Labute approximate surface area is 162 Å². The Kier molecular flexibility index (Phi) is 4.50. The maximum absolute atomic E-state index is 12.8. The first-order valence-corrected chi connectivity index (χ1v) is 9.20. The van der Waals surface area contributed by atoms with Gasteiger partial charge in [-0.2, -0.15) is 0 Å². The molecule has 0 bridgehead atoms. The van der Waals surface area contributed by atoms with Crippen molar-refractivity contribution in [3.63, 3.8) is 0 Å². The van der Waals surface area contributed by atoms with E-state index in [9.17, 15) is 15.2 Å². The number of aryl methyl sites for hydroxylation is 2. The van der Waals surface area contributed by atoms with Gasteiger partial charge in [0.25, 0.3) is 5.69 Å². The third-order valence-corrected chi connectivity index (χ3v) is 5.12. The first-order chi connectivity index (χ1) is 13.5. The van der Waals surface area contributed by atoms with Crippen LogP contribution in [0.25, 0.3) is 11.0 Å². The van der Waals surface area contributed by atoms with Crippen LogP contribution in [0.3, 0.4) is 0 Å². The Morgan fingerprint density at radius 3 is 2.57 bits per heavy atom. The van der Waals surface area contributed by atoms with Gasteiger partial charge in [-0.05, 0) is 49.3 Å². The first-order valence-electron chi connectivity index (χ1n) is 9.20. The summed E-state index contributed by atoms with van der Waals surface area (Å²) in [6, 6.07) is 8.78. The van der Waals surface area contributed by atoms with Crippen LogP contribution in [0, 0.1) is 10.1 Å². The van der Waals surface area contributed by atoms with E-state index in [0.29, 0.717) is 16.7 Å². The van der Waals surface area contributed by atoms with E-state index in [1.807, 2.05) is 43.3 Å². The van der Waals surface area contributed by atoms with Crippen molar-refractivity contribution in [1.29, 1.82) is 0 Å². The highest BCUT2D eigenvalue weighted by Gasteiger charge is 2.23. The second-order valence-corrected chi connectivity index (χ2v) is 7.15. The van der Waals surface area contributed by atoms with Crippen LogP contribution in [0.2, 0.25) is 0 Å². The molecule has 4 rings (SSSR count). The summed E-state index contributed by atoms with van der Waals surface area (Å²) in [6.07, 6.45) is 5.05. The van der Waals surface area contributed by atoms with Crippen LogP contribution in [-0.2, 0) is 12.8 Å². The van der Waals surface area contributed by atoms with Crippen LogP contribution in [0.15, 0.2) is 39.7 Å². The third-order valence-electron chi connectivity index (χ3n) is 5.12. The number of hydrogen-bond donors (Lipinski definition) is 0. The fourth-order valence-electron chi connectivity index (χ4n) is 3.66. The minimum atomic E-state index is -0.660. The Balaban J connectivity index is 1.85. The minimum absolute atomic E-state index is 0.229. The second kappa shape index (κ2) is 6.99. The van der Waals surface area contributed by atoms with E-state index in [2.05, 4.69) is 4.99 Å². The molecule has 0 atom stereocenters. The van der Waals surface area contributed by atoms with E-state index in [4.69, 9.17) is 4.42 Å². The predicted octanol–water partition coefficient (Wildman–Crippen LogP) is 4.11. The number of furan rings is 1. The van der Waals surface area contributed by atoms with Crippen LogP contribution in [-0.4, -0.2) is 25.2 Å². The molecule has 0 N–H and O–H groups in total. The lowest BCUT2D eigenvalue weighted by Crippen LogP contribution is -2.07. The summed E-state index contributed by atoms with van der Waals surface area (Å²) in [5.74, 6) is 0.200.